The highest BCUT2D eigenvalue weighted by molar-refractivity contribution is 5.77. The number of carboxylic acid groups (broad SMARTS) is 1. The molecule has 18 atom stereocenters. The summed E-state index contributed by atoms with van der Waals surface area (Å²) in [4.78, 5) is 38.6. The summed E-state index contributed by atoms with van der Waals surface area (Å²) in [6.45, 7) is 2.19. The maximum absolute atomic E-state index is 13.5. The van der Waals surface area contributed by atoms with Crippen LogP contribution in [0.4, 0.5) is 0 Å². The molecular formula is C69H126N2O21. The number of amides is 2. The van der Waals surface area contributed by atoms with Gasteiger partial charge in [0.1, 0.15) is 67.1 Å². The van der Waals surface area contributed by atoms with Crippen molar-refractivity contribution in [2.45, 2.75) is 368 Å². The van der Waals surface area contributed by atoms with Crippen LogP contribution in [0.1, 0.15) is 258 Å². The van der Waals surface area contributed by atoms with Gasteiger partial charge in [0.2, 0.25) is 11.8 Å². The zero-order valence-corrected chi connectivity index (χ0v) is 56.2. The average molecular weight is 1320 g/mol. The summed E-state index contributed by atoms with van der Waals surface area (Å²) < 4.78 is 34.9. The molecule has 0 aliphatic carbocycles. The lowest BCUT2D eigenvalue weighted by Crippen LogP contribution is -2.70. The van der Waals surface area contributed by atoms with E-state index in [0.29, 0.717) is 19.3 Å². The van der Waals surface area contributed by atoms with E-state index in [2.05, 4.69) is 48.8 Å². The first-order valence-corrected chi connectivity index (χ1v) is 35.7. The molecule has 3 heterocycles. The Balaban J connectivity index is 1.59. The molecule has 14 N–H and O–H groups in total. The van der Waals surface area contributed by atoms with Gasteiger partial charge in [-0.05, 0) is 38.5 Å². The van der Waals surface area contributed by atoms with Crippen molar-refractivity contribution in [3.63, 3.8) is 0 Å². The lowest BCUT2D eigenvalue weighted by atomic mass is 9.88. The zero-order valence-electron chi connectivity index (χ0n) is 56.2. The lowest BCUT2D eigenvalue weighted by Gasteiger charge is -2.50. The van der Waals surface area contributed by atoms with Crippen LogP contribution in [0.3, 0.4) is 0 Å². The number of hydrogen-bond donors (Lipinski definition) is 14. The van der Waals surface area contributed by atoms with Crippen molar-refractivity contribution in [1.29, 1.82) is 0 Å². The first kappa shape index (κ1) is 83.4. The number of allylic oxidation sites excluding steroid dienone is 4. The minimum Gasteiger partial charge on any atom is -0.477 e. The second kappa shape index (κ2) is 49.7. The van der Waals surface area contributed by atoms with Gasteiger partial charge in [0, 0.05) is 19.8 Å². The van der Waals surface area contributed by atoms with Gasteiger partial charge in [0.05, 0.1) is 50.7 Å². The monoisotopic (exact) mass is 1320 g/mol. The number of carbonyl (C=O) groups is 3. The second-order valence-corrected chi connectivity index (χ2v) is 26.1. The number of unbranched alkanes of at least 4 members (excludes halogenated alkanes) is 31. The standard InChI is InChI=1S/C69H126N2O21/c1-4-6-8-10-12-14-16-18-20-22-24-26-28-30-32-34-36-38-40-42-51(76)50(71-56(79)43-41-39-37-35-33-31-29-27-25-23-21-19-17-15-13-11-9-7-5-2)48-87-66-61(83)60(82)63(55(47-74)89-66)90-67-62(84)65(59(81)54(46-73)88-67)92-69(68(85)86)44-52(77)57(70-49(3)75)64(91-69)58(80)53(78)45-72/h13,15,17,19,50-55,57-67,72-74,76-78,80-84H,4-12,14,16,18,20-48H2,1-3H3,(H,70,75)(H,71,79)(H,85,86)/b15-13-,19-17-. The molecular weight excluding hydrogens is 1190 g/mol. The number of aliphatic hydroxyl groups is 11. The molecule has 0 aromatic carbocycles. The van der Waals surface area contributed by atoms with Gasteiger partial charge in [-0.15, -0.1) is 0 Å². The molecule has 23 nitrogen and oxygen atoms in total. The Morgan fingerprint density at radius 1 is 0.565 bits per heavy atom. The van der Waals surface area contributed by atoms with E-state index in [1.807, 2.05) is 0 Å². The van der Waals surface area contributed by atoms with E-state index in [1.54, 1.807) is 0 Å². The van der Waals surface area contributed by atoms with Gasteiger partial charge in [-0.1, -0.05) is 224 Å². The molecule has 538 valence electrons. The van der Waals surface area contributed by atoms with Gasteiger partial charge >= 0.3 is 5.97 Å². The van der Waals surface area contributed by atoms with Crippen LogP contribution in [0, 0.1) is 0 Å². The number of hydrogen-bond acceptors (Lipinski definition) is 20. The quantitative estimate of drug-likeness (QED) is 0.0219. The molecule has 3 rings (SSSR count). The van der Waals surface area contributed by atoms with E-state index in [0.717, 1.165) is 71.1 Å². The molecule has 3 fully saturated rings. The Labute approximate surface area is 549 Å². The highest BCUT2D eigenvalue weighted by atomic mass is 16.8. The number of rotatable bonds is 54. The third-order valence-corrected chi connectivity index (χ3v) is 18.2. The predicted octanol–water partition coefficient (Wildman–Crippen LogP) is 6.84. The number of aliphatic carboxylic acids is 1. The summed E-state index contributed by atoms with van der Waals surface area (Å²) >= 11 is 0. The molecule has 3 aliphatic rings. The van der Waals surface area contributed by atoms with Crippen molar-refractivity contribution in [1.82, 2.24) is 10.6 Å². The largest absolute Gasteiger partial charge is 0.477 e. The maximum atomic E-state index is 13.5. The van der Waals surface area contributed by atoms with Crippen LogP contribution >= 0.6 is 0 Å². The van der Waals surface area contributed by atoms with E-state index in [9.17, 15) is 75.7 Å². The first-order valence-electron chi connectivity index (χ1n) is 35.7. The summed E-state index contributed by atoms with van der Waals surface area (Å²) in [5.74, 6) is -6.10. The van der Waals surface area contributed by atoms with Gasteiger partial charge in [-0.2, -0.15) is 0 Å². The van der Waals surface area contributed by atoms with Gasteiger partial charge in [0.15, 0.2) is 12.6 Å². The van der Waals surface area contributed by atoms with Crippen molar-refractivity contribution < 1.29 is 104 Å². The Morgan fingerprint density at radius 3 is 1.52 bits per heavy atom. The van der Waals surface area contributed by atoms with Crippen LogP contribution in [0.2, 0.25) is 0 Å². The Hall–Kier alpha value is -2.79. The molecule has 3 aliphatic heterocycles. The normalized spacial score (nSPS) is 28.3. The first-order chi connectivity index (χ1) is 44.4. The molecule has 18 unspecified atom stereocenters. The zero-order chi connectivity index (χ0) is 67.5. The number of ether oxygens (including phenoxy) is 6. The van der Waals surface area contributed by atoms with E-state index >= 15 is 0 Å². The van der Waals surface area contributed by atoms with Crippen molar-refractivity contribution >= 4 is 17.8 Å². The molecule has 92 heavy (non-hydrogen) atoms. The number of nitrogens with one attached hydrogen (secondary N) is 2. The summed E-state index contributed by atoms with van der Waals surface area (Å²) in [6, 6.07) is -2.53. The van der Waals surface area contributed by atoms with E-state index in [4.69, 9.17) is 28.4 Å². The Morgan fingerprint density at radius 2 is 1.03 bits per heavy atom. The lowest BCUT2D eigenvalue weighted by molar-refractivity contribution is -0.386. The van der Waals surface area contributed by atoms with Crippen LogP contribution in [-0.2, 0) is 42.8 Å². The molecule has 0 spiro atoms. The Bertz CT molecular complexity index is 1960. The molecule has 0 radical (unpaired) electrons. The molecule has 0 aromatic heterocycles. The maximum Gasteiger partial charge on any atom is 0.364 e. The van der Waals surface area contributed by atoms with Gasteiger partial charge in [-0.25, -0.2) is 4.79 Å². The minimum absolute atomic E-state index is 0.220. The fourth-order valence-corrected chi connectivity index (χ4v) is 12.5. The van der Waals surface area contributed by atoms with E-state index in [1.165, 1.54) is 141 Å². The Kier molecular flexibility index (Phi) is 45.1. The van der Waals surface area contributed by atoms with Gasteiger partial charge in [-0.3, -0.25) is 9.59 Å². The van der Waals surface area contributed by atoms with Gasteiger partial charge < -0.3 is 100 Å². The SMILES string of the molecule is CCCCC/C=C\C=C/CCCCCCCCCCCCC(=O)NC(COC1OC(CO)C(OC2OC(CO)C(O)C(OC3(C(=O)O)CC(O)C(NC(C)=O)C(C(O)C(O)CO)O3)C2O)C(O)C1O)C(O)CCCCCCCCCCCCCCCCCCCCC. The summed E-state index contributed by atoms with van der Waals surface area (Å²) in [6.07, 6.45) is 20.2. The van der Waals surface area contributed by atoms with Crippen LogP contribution in [0.25, 0.3) is 0 Å². The third-order valence-electron chi connectivity index (χ3n) is 18.2. The fraction of sp³-hybridized carbons (Fsp3) is 0.899. The van der Waals surface area contributed by atoms with Crippen LogP contribution in [0.15, 0.2) is 24.3 Å². The van der Waals surface area contributed by atoms with Gasteiger partial charge in [0.25, 0.3) is 5.79 Å². The summed E-state index contributed by atoms with van der Waals surface area (Å²) in [5, 5.41) is 136. The molecule has 0 saturated carbocycles. The minimum atomic E-state index is -3.08. The predicted molar refractivity (Wildman–Crippen MR) is 348 cm³/mol. The molecule has 0 aromatic rings. The molecule has 0 bridgehead atoms. The third kappa shape index (κ3) is 31.6. The fourth-order valence-electron chi connectivity index (χ4n) is 12.5. The van der Waals surface area contributed by atoms with Crippen molar-refractivity contribution in [3.05, 3.63) is 24.3 Å². The molecule has 3 saturated heterocycles. The smallest absolute Gasteiger partial charge is 0.364 e. The second-order valence-electron chi connectivity index (χ2n) is 26.1. The highest BCUT2D eigenvalue weighted by Crippen LogP contribution is 2.39. The van der Waals surface area contributed by atoms with Crippen molar-refractivity contribution in [2.24, 2.45) is 0 Å². The topological polar surface area (TPSA) is 373 Å². The number of carboxylic acids is 1. The molecule has 2 amide bonds. The van der Waals surface area contributed by atoms with Crippen LogP contribution in [0.5, 0.6) is 0 Å². The van der Waals surface area contributed by atoms with Crippen LogP contribution in [-0.4, -0.2) is 215 Å². The van der Waals surface area contributed by atoms with Crippen LogP contribution < -0.4 is 10.6 Å². The number of aliphatic hydroxyl groups excluding tert-OH is 11. The summed E-state index contributed by atoms with van der Waals surface area (Å²) in [7, 11) is 0. The highest BCUT2D eigenvalue weighted by Gasteiger charge is 2.60. The number of carbonyl (C=O) groups excluding carboxylic acids is 2. The van der Waals surface area contributed by atoms with E-state index < -0.39 is 148 Å². The van der Waals surface area contributed by atoms with Crippen molar-refractivity contribution in [2.75, 3.05) is 26.4 Å². The molecule has 23 heteroatoms. The van der Waals surface area contributed by atoms with E-state index in [-0.39, 0.29) is 18.9 Å². The van der Waals surface area contributed by atoms with Crippen molar-refractivity contribution in [3.8, 4) is 0 Å². The average Bonchev–Trinajstić information content (AvgIpc) is 0.767. The summed E-state index contributed by atoms with van der Waals surface area (Å²) in [5.41, 5.74) is 0.